The van der Waals surface area contributed by atoms with E-state index in [1.165, 1.54) is 25.3 Å². The minimum absolute atomic E-state index is 0.0693. The van der Waals surface area contributed by atoms with Crippen LogP contribution in [0.2, 0.25) is 0 Å². The van der Waals surface area contributed by atoms with Crippen LogP contribution in [0.15, 0.2) is 75.7 Å². The lowest BCUT2D eigenvalue weighted by Gasteiger charge is -2.11. The van der Waals surface area contributed by atoms with Crippen LogP contribution in [0.25, 0.3) is 16.9 Å². The summed E-state index contributed by atoms with van der Waals surface area (Å²) in [7, 11) is 0. The smallest absolute Gasteiger partial charge is 0.422 e. The number of allylic oxidation sites excluding steroid dienone is 3. The van der Waals surface area contributed by atoms with Gasteiger partial charge in [0.1, 0.15) is 5.82 Å². The zero-order valence-electron chi connectivity index (χ0n) is 16.8. The monoisotopic (exact) mass is 509 g/mol. The number of benzene rings is 1. The molecule has 0 saturated carbocycles. The number of nitrogens with zero attached hydrogens (tertiary/aromatic N) is 4. The Kier molecular flexibility index (Phi) is 7.52. The summed E-state index contributed by atoms with van der Waals surface area (Å²) in [4.78, 5) is 4.64. The number of hydrogen-bond donors (Lipinski definition) is 2. The highest BCUT2D eigenvalue weighted by Gasteiger charge is 2.28. The molecule has 0 aliphatic heterocycles. The lowest BCUT2D eigenvalue weighted by atomic mass is 10.1. The number of fused-ring (bicyclic) bond motifs is 1. The van der Waals surface area contributed by atoms with Crippen molar-refractivity contribution >= 4 is 33.6 Å². The average molecular weight is 510 g/mol. The largest absolute Gasteiger partial charge is 0.489 e. The summed E-state index contributed by atoms with van der Waals surface area (Å²) in [6.45, 7) is 0.220. The number of oxime groups is 1. The maximum atomic E-state index is 12.3. The predicted molar refractivity (Wildman–Crippen MR) is 119 cm³/mol. The first-order valence-electron chi connectivity index (χ1n) is 9.35. The Morgan fingerprint density at radius 2 is 2.03 bits per heavy atom. The first-order valence-corrected chi connectivity index (χ1v) is 10.1. The van der Waals surface area contributed by atoms with Gasteiger partial charge in [0.05, 0.1) is 28.3 Å². The molecule has 7 nitrogen and oxygen atoms in total. The fourth-order valence-electron chi connectivity index (χ4n) is 2.70. The molecule has 0 saturated heterocycles. The normalized spacial score (nSPS) is 13.2. The molecule has 2 N–H and O–H groups in total. The van der Waals surface area contributed by atoms with Crippen molar-refractivity contribution in [2.24, 2.45) is 5.16 Å². The molecule has 0 atom stereocenters. The van der Waals surface area contributed by atoms with Gasteiger partial charge in [0.15, 0.2) is 12.3 Å². The third kappa shape index (κ3) is 6.33. The standard InChI is InChI=1S/C21H19BrF3N5O2/c1-14(32-13-21(23,24)25)7-8-15(11-28-31)10-26-19-9-18(16-5-3-2-4-6-16)29-20-17(22)12-27-30(19)20/h2-9,11-12,26,31H,10,13H2,1H3/b14-7+,15-8-,28-11+. The van der Waals surface area contributed by atoms with E-state index in [0.29, 0.717) is 21.5 Å². The number of rotatable bonds is 8. The van der Waals surface area contributed by atoms with E-state index in [4.69, 9.17) is 5.21 Å². The van der Waals surface area contributed by atoms with E-state index in [9.17, 15) is 13.2 Å². The number of ether oxygens (including phenoxy) is 1. The number of anilines is 1. The second kappa shape index (κ2) is 10.3. The summed E-state index contributed by atoms with van der Waals surface area (Å²) in [6, 6.07) is 11.4. The van der Waals surface area contributed by atoms with Crippen molar-refractivity contribution in [3.8, 4) is 11.3 Å². The van der Waals surface area contributed by atoms with Gasteiger partial charge in [-0.15, -0.1) is 0 Å². The van der Waals surface area contributed by atoms with Gasteiger partial charge in [-0.05, 0) is 34.5 Å². The quantitative estimate of drug-likeness (QED) is 0.139. The van der Waals surface area contributed by atoms with Gasteiger partial charge >= 0.3 is 6.18 Å². The lowest BCUT2D eigenvalue weighted by molar-refractivity contribution is -0.164. The van der Waals surface area contributed by atoms with Crippen molar-refractivity contribution < 1.29 is 23.1 Å². The van der Waals surface area contributed by atoms with Crippen LogP contribution in [0.4, 0.5) is 19.0 Å². The Hall–Kier alpha value is -3.34. The molecule has 0 fully saturated rings. The molecule has 0 spiro atoms. The van der Waals surface area contributed by atoms with Gasteiger partial charge in [-0.2, -0.15) is 22.8 Å². The van der Waals surface area contributed by atoms with Gasteiger partial charge in [-0.3, -0.25) is 0 Å². The molecule has 0 aliphatic rings. The van der Waals surface area contributed by atoms with Crippen molar-refractivity contribution in [3.63, 3.8) is 0 Å². The highest BCUT2D eigenvalue weighted by molar-refractivity contribution is 9.10. The molecule has 11 heteroatoms. The van der Waals surface area contributed by atoms with Gasteiger partial charge < -0.3 is 15.3 Å². The van der Waals surface area contributed by atoms with E-state index in [2.05, 4.69) is 41.2 Å². The Bertz CT molecular complexity index is 1160. The van der Waals surface area contributed by atoms with Crippen LogP contribution in [0, 0.1) is 0 Å². The van der Waals surface area contributed by atoms with E-state index in [1.807, 2.05) is 36.4 Å². The minimum atomic E-state index is -4.42. The molecule has 0 unspecified atom stereocenters. The molecule has 3 aromatic rings. The molecule has 0 bridgehead atoms. The second-order valence-electron chi connectivity index (χ2n) is 6.64. The maximum Gasteiger partial charge on any atom is 0.422 e. The van der Waals surface area contributed by atoms with Crippen LogP contribution < -0.4 is 5.32 Å². The highest BCUT2D eigenvalue weighted by Crippen LogP contribution is 2.26. The summed E-state index contributed by atoms with van der Waals surface area (Å²) in [6.07, 6.45) is 1.24. The first-order chi connectivity index (χ1) is 15.3. The molecule has 0 aliphatic carbocycles. The van der Waals surface area contributed by atoms with Gasteiger partial charge in [0.25, 0.3) is 0 Å². The van der Waals surface area contributed by atoms with E-state index >= 15 is 0 Å². The first kappa shape index (κ1) is 23.3. The predicted octanol–water partition coefficient (Wildman–Crippen LogP) is 5.44. The molecule has 2 aromatic heterocycles. The van der Waals surface area contributed by atoms with Crippen LogP contribution in [-0.2, 0) is 4.74 Å². The van der Waals surface area contributed by atoms with Crippen molar-refractivity contribution in [2.45, 2.75) is 13.1 Å². The van der Waals surface area contributed by atoms with Gasteiger partial charge in [-0.1, -0.05) is 41.6 Å². The Morgan fingerprint density at radius 3 is 2.72 bits per heavy atom. The fourth-order valence-corrected chi connectivity index (χ4v) is 3.05. The van der Waals surface area contributed by atoms with E-state index < -0.39 is 12.8 Å². The lowest BCUT2D eigenvalue weighted by Crippen LogP contribution is -2.16. The van der Waals surface area contributed by atoms with Gasteiger partial charge in [0, 0.05) is 18.2 Å². The van der Waals surface area contributed by atoms with Crippen molar-refractivity contribution in [1.29, 1.82) is 0 Å². The van der Waals surface area contributed by atoms with Crippen LogP contribution >= 0.6 is 15.9 Å². The molecule has 3 rings (SSSR count). The van der Waals surface area contributed by atoms with Crippen LogP contribution in [0.1, 0.15) is 6.92 Å². The Balaban J connectivity index is 1.84. The van der Waals surface area contributed by atoms with Crippen molar-refractivity contribution in [1.82, 2.24) is 14.6 Å². The van der Waals surface area contributed by atoms with Crippen LogP contribution in [-0.4, -0.2) is 45.3 Å². The van der Waals surface area contributed by atoms with Gasteiger partial charge in [0.2, 0.25) is 0 Å². The molecular weight excluding hydrogens is 491 g/mol. The SMILES string of the molecule is C\C(=C/C=C(\C=N\O)CNc1cc(-c2ccccc2)nc2c(Br)cnn12)OCC(F)(F)F. The highest BCUT2D eigenvalue weighted by atomic mass is 79.9. The molecule has 0 amide bonds. The molecule has 1 aromatic carbocycles. The Morgan fingerprint density at radius 1 is 1.28 bits per heavy atom. The number of alkyl halides is 3. The zero-order valence-corrected chi connectivity index (χ0v) is 18.4. The van der Waals surface area contributed by atoms with E-state index in [0.717, 1.165) is 11.3 Å². The Labute approximate surface area is 190 Å². The fraction of sp³-hybridized carbons (Fsp3) is 0.190. The number of nitrogens with one attached hydrogen (secondary N) is 1. The molecule has 168 valence electrons. The molecule has 2 heterocycles. The summed E-state index contributed by atoms with van der Waals surface area (Å²) < 4.78 is 43.8. The molecule has 0 radical (unpaired) electrons. The average Bonchev–Trinajstić information content (AvgIpc) is 3.15. The van der Waals surface area contributed by atoms with E-state index in [-0.39, 0.29) is 12.3 Å². The van der Waals surface area contributed by atoms with Gasteiger partial charge in [-0.25, -0.2) is 4.98 Å². The molecular formula is C21H19BrF3N5O2. The number of aromatic nitrogens is 3. The summed E-state index contributed by atoms with van der Waals surface area (Å²) in [5, 5.41) is 19.5. The minimum Gasteiger partial charge on any atom is -0.489 e. The summed E-state index contributed by atoms with van der Waals surface area (Å²) >= 11 is 3.44. The number of hydrogen-bond acceptors (Lipinski definition) is 6. The summed E-state index contributed by atoms with van der Waals surface area (Å²) in [5.74, 6) is 0.686. The zero-order chi connectivity index (χ0) is 23.1. The topological polar surface area (TPSA) is 84.0 Å². The van der Waals surface area contributed by atoms with E-state index in [1.54, 1.807) is 10.7 Å². The van der Waals surface area contributed by atoms with Crippen molar-refractivity contribution in [2.75, 3.05) is 18.5 Å². The third-order valence-electron chi connectivity index (χ3n) is 4.19. The number of halogens is 4. The molecule has 32 heavy (non-hydrogen) atoms. The summed E-state index contributed by atoms with van der Waals surface area (Å²) in [5.41, 5.74) is 2.73. The third-order valence-corrected chi connectivity index (χ3v) is 4.75. The second-order valence-corrected chi connectivity index (χ2v) is 7.50. The maximum absolute atomic E-state index is 12.3. The van der Waals surface area contributed by atoms with Crippen LogP contribution in [0.5, 0.6) is 0 Å². The van der Waals surface area contributed by atoms with Crippen LogP contribution in [0.3, 0.4) is 0 Å². The van der Waals surface area contributed by atoms with Crippen molar-refractivity contribution in [3.05, 3.63) is 70.6 Å².